The van der Waals surface area contributed by atoms with Gasteiger partial charge in [-0.1, -0.05) is 35.0 Å². The highest BCUT2D eigenvalue weighted by Crippen LogP contribution is 2.31. The van der Waals surface area contributed by atoms with Crippen molar-refractivity contribution in [2.75, 3.05) is 0 Å². The first-order valence-corrected chi connectivity index (χ1v) is 8.51. The number of hydrogen-bond donors (Lipinski definition) is 0. The Labute approximate surface area is 150 Å². The van der Waals surface area contributed by atoms with Crippen molar-refractivity contribution in [3.05, 3.63) is 71.1 Å². The van der Waals surface area contributed by atoms with Gasteiger partial charge in [-0.2, -0.15) is 0 Å². The van der Waals surface area contributed by atoms with E-state index in [-0.39, 0.29) is 11.9 Å². The Morgan fingerprint density at radius 1 is 1.24 bits per heavy atom. The topological polar surface area (TPSA) is 59.2 Å². The molecule has 1 aliphatic rings. The molecule has 0 aliphatic heterocycles. The summed E-state index contributed by atoms with van der Waals surface area (Å²) in [5, 5.41) is 4.53. The van der Waals surface area contributed by atoms with Gasteiger partial charge in [0.05, 0.1) is 5.02 Å². The van der Waals surface area contributed by atoms with Crippen LogP contribution < -0.4 is 0 Å². The molecule has 25 heavy (non-hydrogen) atoms. The van der Waals surface area contributed by atoms with Gasteiger partial charge >= 0.3 is 0 Å². The lowest BCUT2D eigenvalue weighted by molar-refractivity contribution is 0.0719. The van der Waals surface area contributed by atoms with Gasteiger partial charge < -0.3 is 9.42 Å². The Hall–Kier alpha value is -2.66. The van der Waals surface area contributed by atoms with Crippen LogP contribution in [0.1, 0.15) is 28.9 Å². The number of carbonyl (C=O) groups is 1. The summed E-state index contributed by atoms with van der Waals surface area (Å²) in [5.41, 5.74) is 2.02. The van der Waals surface area contributed by atoms with Crippen molar-refractivity contribution in [2.24, 2.45) is 0 Å². The Kier molecular flexibility index (Phi) is 4.24. The third kappa shape index (κ3) is 3.42. The van der Waals surface area contributed by atoms with Crippen LogP contribution in [0.4, 0.5) is 0 Å². The number of hydrogen-bond acceptors (Lipinski definition) is 4. The normalized spacial score (nSPS) is 13.6. The number of benzene rings is 1. The fourth-order valence-corrected chi connectivity index (χ4v) is 2.98. The lowest BCUT2D eigenvalue weighted by atomic mass is 10.1. The lowest BCUT2D eigenvalue weighted by Gasteiger charge is -2.21. The van der Waals surface area contributed by atoms with E-state index in [1.54, 1.807) is 24.5 Å². The Balaban J connectivity index is 1.58. The molecule has 1 amide bonds. The van der Waals surface area contributed by atoms with Crippen LogP contribution in [0.2, 0.25) is 5.02 Å². The van der Waals surface area contributed by atoms with Crippen molar-refractivity contribution in [2.45, 2.75) is 25.4 Å². The molecule has 3 aromatic rings. The number of amides is 1. The van der Waals surface area contributed by atoms with Crippen LogP contribution in [0.25, 0.3) is 11.3 Å². The molecule has 0 spiro atoms. The van der Waals surface area contributed by atoms with E-state index in [2.05, 4.69) is 10.1 Å². The molecule has 1 aromatic carbocycles. The molecule has 0 radical (unpaired) electrons. The Bertz CT molecular complexity index is 890. The molecule has 0 saturated heterocycles. The van der Waals surface area contributed by atoms with Crippen molar-refractivity contribution in [1.82, 2.24) is 15.0 Å². The predicted molar refractivity (Wildman–Crippen MR) is 94.1 cm³/mol. The maximum absolute atomic E-state index is 12.9. The maximum Gasteiger partial charge on any atom is 0.276 e. The summed E-state index contributed by atoms with van der Waals surface area (Å²) >= 11 is 6.19. The zero-order valence-corrected chi connectivity index (χ0v) is 14.2. The van der Waals surface area contributed by atoms with Gasteiger partial charge in [0.1, 0.15) is 0 Å². The maximum atomic E-state index is 12.9. The fraction of sp³-hybridized carbons (Fsp3) is 0.211. The molecule has 126 valence electrons. The second-order valence-electron chi connectivity index (χ2n) is 6.08. The van der Waals surface area contributed by atoms with E-state index in [0.29, 0.717) is 23.0 Å². The van der Waals surface area contributed by atoms with Gasteiger partial charge in [-0.15, -0.1) is 0 Å². The highest BCUT2D eigenvalue weighted by atomic mass is 35.5. The van der Waals surface area contributed by atoms with Crippen LogP contribution in [0, 0.1) is 0 Å². The molecule has 2 aromatic heterocycles. The van der Waals surface area contributed by atoms with Crippen LogP contribution in [-0.2, 0) is 6.54 Å². The third-order valence-electron chi connectivity index (χ3n) is 4.19. The molecule has 0 N–H and O–H groups in total. The van der Waals surface area contributed by atoms with E-state index in [0.717, 1.165) is 24.0 Å². The minimum atomic E-state index is -0.131. The molecule has 0 bridgehead atoms. The molecule has 2 heterocycles. The molecule has 1 aliphatic carbocycles. The standard InChI is InChI=1S/C19H16ClN3O2/c20-16-6-2-1-5-15(16)18-10-17(22-25-18)19(24)23(14-7-8-14)12-13-4-3-9-21-11-13/h1-6,9-11,14H,7-8,12H2. The van der Waals surface area contributed by atoms with Crippen molar-refractivity contribution >= 4 is 17.5 Å². The van der Waals surface area contributed by atoms with Gasteiger partial charge in [0.2, 0.25) is 0 Å². The van der Waals surface area contributed by atoms with Gasteiger partial charge in [-0.3, -0.25) is 9.78 Å². The summed E-state index contributed by atoms with van der Waals surface area (Å²) in [6.45, 7) is 0.519. The summed E-state index contributed by atoms with van der Waals surface area (Å²) in [5.74, 6) is 0.361. The van der Waals surface area contributed by atoms with Gasteiger partial charge in [-0.25, -0.2) is 0 Å². The van der Waals surface area contributed by atoms with Gasteiger partial charge in [0.15, 0.2) is 11.5 Å². The number of nitrogens with zero attached hydrogens (tertiary/aromatic N) is 3. The van der Waals surface area contributed by atoms with Crippen LogP contribution in [0.5, 0.6) is 0 Å². The molecule has 0 atom stereocenters. The number of aromatic nitrogens is 2. The first-order chi connectivity index (χ1) is 12.2. The summed E-state index contributed by atoms with van der Waals surface area (Å²) in [6, 6.07) is 13.1. The van der Waals surface area contributed by atoms with E-state index < -0.39 is 0 Å². The van der Waals surface area contributed by atoms with Crippen molar-refractivity contribution in [3.8, 4) is 11.3 Å². The van der Waals surface area contributed by atoms with Crippen LogP contribution in [-0.4, -0.2) is 27.0 Å². The van der Waals surface area contributed by atoms with E-state index in [9.17, 15) is 4.79 Å². The van der Waals surface area contributed by atoms with E-state index >= 15 is 0 Å². The SMILES string of the molecule is O=C(c1cc(-c2ccccc2Cl)on1)N(Cc1cccnc1)C1CC1. The lowest BCUT2D eigenvalue weighted by Crippen LogP contribution is -2.32. The van der Waals surface area contributed by atoms with E-state index in [1.165, 1.54) is 0 Å². The Morgan fingerprint density at radius 2 is 2.08 bits per heavy atom. The van der Waals surface area contributed by atoms with Gasteiger partial charge in [0.25, 0.3) is 5.91 Å². The summed E-state index contributed by atoms with van der Waals surface area (Å²) < 4.78 is 5.36. The van der Waals surface area contributed by atoms with Crippen molar-refractivity contribution in [3.63, 3.8) is 0 Å². The molecule has 6 heteroatoms. The third-order valence-corrected chi connectivity index (χ3v) is 4.52. The van der Waals surface area contributed by atoms with Gasteiger partial charge in [0, 0.05) is 36.6 Å². The molecule has 1 fully saturated rings. The molecular weight excluding hydrogens is 338 g/mol. The minimum Gasteiger partial charge on any atom is -0.355 e. The average Bonchev–Trinajstić information content (AvgIpc) is 3.37. The quantitative estimate of drug-likeness (QED) is 0.690. The number of rotatable bonds is 5. The van der Waals surface area contributed by atoms with Crippen molar-refractivity contribution < 1.29 is 9.32 Å². The van der Waals surface area contributed by atoms with Crippen LogP contribution in [0.3, 0.4) is 0 Å². The first kappa shape index (κ1) is 15.8. The molecule has 1 saturated carbocycles. The second-order valence-corrected chi connectivity index (χ2v) is 6.49. The molecule has 0 unspecified atom stereocenters. The molecule has 5 nitrogen and oxygen atoms in total. The second kappa shape index (κ2) is 6.69. The minimum absolute atomic E-state index is 0.131. The molecular formula is C19H16ClN3O2. The zero-order chi connectivity index (χ0) is 17.2. The average molecular weight is 354 g/mol. The van der Waals surface area contributed by atoms with Crippen LogP contribution in [0.15, 0.2) is 59.4 Å². The smallest absolute Gasteiger partial charge is 0.276 e. The van der Waals surface area contributed by atoms with Gasteiger partial charge in [-0.05, 0) is 36.6 Å². The monoisotopic (exact) mass is 353 g/mol. The number of carbonyl (C=O) groups excluding carboxylic acids is 1. The van der Waals surface area contributed by atoms with E-state index in [1.807, 2.05) is 35.2 Å². The predicted octanol–water partition coefficient (Wildman–Crippen LogP) is 4.19. The number of pyridine rings is 1. The number of halogens is 1. The highest BCUT2D eigenvalue weighted by molar-refractivity contribution is 6.33. The van der Waals surface area contributed by atoms with Crippen molar-refractivity contribution in [1.29, 1.82) is 0 Å². The van der Waals surface area contributed by atoms with Crippen LogP contribution >= 0.6 is 11.6 Å². The largest absolute Gasteiger partial charge is 0.355 e. The first-order valence-electron chi connectivity index (χ1n) is 8.14. The summed E-state index contributed by atoms with van der Waals surface area (Å²) in [4.78, 5) is 18.9. The zero-order valence-electron chi connectivity index (χ0n) is 13.4. The fourth-order valence-electron chi connectivity index (χ4n) is 2.75. The summed E-state index contributed by atoms with van der Waals surface area (Å²) in [6.07, 6.45) is 5.53. The molecule has 4 rings (SSSR count). The summed E-state index contributed by atoms with van der Waals surface area (Å²) in [7, 11) is 0. The highest BCUT2D eigenvalue weighted by Gasteiger charge is 2.34. The van der Waals surface area contributed by atoms with E-state index in [4.69, 9.17) is 16.1 Å². The Morgan fingerprint density at radius 3 is 2.80 bits per heavy atom.